The van der Waals surface area contributed by atoms with Gasteiger partial charge in [-0.05, 0) is 12.3 Å². The molecule has 0 spiro atoms. The van der Waals surface area contributed by atoms with Crippen LogP contribution in [0.4, 0.5) is 0 Å². The van der Waals surface area contributed by atoms with Gasteiger partial charge in [0, 0.05) is 0 Å². The highest BCUT2D eigenvalue weighted by molar-refractivity contribution is 4.73. The van der Waals surface area contributed by atoms with Gasteiger partial charge in [-0.15, -0.1) is 6.58 Å². The lowest BCUT2D eigenvalue weighted by atomic mass is 9.90. The van der Waals surface area contributed by atoms with E-state index >= 15 is 0 Å². The van der Waals surface area contributed by atoms with Crippen molar-refractivity contribution in [1.82, 2.24) is 0 Å². The van der Waals surface area contributed by atoms with Crippen LogP contribution in [0.15, 0.2) is 12.7 Å². The monoisotopic (exact) mass is 180 g/mol. The third-order valence-electron chi connectivity index (χ3n) is 3.22. The van der Waals surface area contributed by atoms with Crippen molar-refractivity contribution in [2.45, 2.75) is 64.2 Å². The summed E-state index contributed by atoms with van der Waals surface area (Å²) in [4.78, 5) is 0. The van der Waals surface area contributed by atoms with Gasteiger partial charge in [-0.3, -0.25) is 0 Å². The molecule has 0 heterocycles. The maximum atomic E-state index is 3.85. The van der Waals surface area contributed by atoms with Crippen LogP contribution in [0.1, 0.15) is 64.2 Å². The van der Waals surface area contributed by atoms with Crippen molar-refractivity contribution in [3.8, 4) is 0 Å². The molecule has 0 nitrogen and oxygen atoms in total. The highest BCUT2D eigenvalue weighted by atomic mass is 14.1. The largest absolute Gasteiger partial charge is 0.103 e. The van der Waals surface area contributed by atoms with Crippen molar-refractivity contribution < 1.29 is 0 Å². The molecule has 0 N–H and O–H groups in total. The van der Waals surface area contributed by atoms with Crippen LogP contribution in [-0.2, 0) is 0 Å². The van der Waals surface area contributed by atoms with Gasteiger partial charge >= 0.3 is 0 Å². The molecule has 0 atom stereocenters. The fourth-order valence-corrected chi connectivity index (χ4v) is 2.37. The summed E-state index contributed by atoms with van der Waals surface area (Å²) in [6, 6.07) is 0. The van der Waals surface area contributed by atoms with Crippen LogP contribution in [0, 0.1) is 5.92 Å². The average molecular weight is 180 g/mol. The lowest BCUT2D eigenvalue weighted by Gasteiger charge is -2.16. The minimum Gasteiger partial charge on any atom is -0.103 e. The highest BCUT2D eigenvalue weighted by Gasteiger charge is 2.07. The summed E-state index contributed by atoms with van der Waals surface area (Å²) in [5.41, 5.74) is 0. The minimum absolute atomic E-state index is 0.954. The molecule has 0 aromatic carbocycles. The molecule has 0 heteroatoms. The van der Waals surface area contributed by atoms with Gasteiger partial charge < -0.3 is 0 Å². The van der Waals surface area contributed by atoms with E-state index in [4.69, 9.17) is 0 Å². The van der Waals surface area contributed by atoms with Crippen molar-refractivity contribution >= 4 is 0 Å². The molecule has 1 fully saturated rings. The standard InChI is InChI=1S/C13H24/c1-2-10-13-11-8-6-4-3-5-7-9-12-13/h2,13H,1,3-12H2. The molecule has 0 bridgehead atoms. The van der Waals surface area contributed by atoms with E-state index in [2.05, 4.69) is 12.7 Å². The first-order valence-electron chi connectivity index (χ1n) is 6.04. The fourth-order valence-electron chi connectivity index (χ4n) is 2.37. The third-order valence-corrected chi connectivity index (χ3v) is 3.22. The first kappa shape index (κ1) is 10.8. The summed E-state index contributed by atoms with van der Waals surface area (Å²) in [6.45, 7) is 3.85. The molecule has 0 amide bonds. The molecule has 0 radical (unpaired) electrons. The van der Waals surface area contributed by atoms with Gasteiger partial charge in [0.1, 0.15) is 0 Å². The predicted molar refractivity (Wildman–Crippen MR) is 59.9 cm³/mol. The Morgan fingerprint density at radius 3 is 1.77 bits per heavy atom. The summed E-state index contributed by atoms with van der Waals surface area (Å²) in [5.74, 6) is 0.954. The van der Waals surface area contributed by atoms with E-state index in [0.717, 1.165) is 5.92 Å². The molecule has 1 aliphatic rings. The lowest BCUT2D eigenvalue weighted by molar-refractivity contribution is 0.392. The van der Waals surface area contributed by atoms with E-state index in [1.165, 1.54) is 64.2 Å². The second kappa shape index (κ2) is 7.17. The molecule has 1 saturated carbocycles. The second-order valence-corrected chi connectivity index (χ2v) is 4.44. The summed E-state index contributed by atoms with van der Waals surface area (Å²) < 4.78 is 0. The van der Waals surface area contributed by atoms with E-state index in [1.54, 1.807) is 0 Å². The van der Waals surface area contributed by atoms with E-state index < -0.39 is 0 Å². The van der Waals surface area contributed by atoms with Crippen LogP contribution in [0.3, 0.4) is 0 Å². The molecule has 1 aliphatic carbocycles. The topological polar surface area (TPSA) is 0 Å². The highest BCUT2D eigenvalue weighted by Crippen LogP contribution is 2.23. The molecule has 0 saturated heterocycles. The molecular weight excluding hydrogens is 156 g/mol. The minimum atomic E-state index is 0.954. The van der Waals surface area contributed by atoms with Gasteiger partial charge in [0.05, 0.1) is 0 Å². The van der Waals surface area contributed by atoms with Crippen LogP contribution in [-0.4, -0.2) is 0 Å². The lowest BCUT2D eigenvalue weighted by Crippen LogP contribution is -2.01. The fraction of sp³-hybridized carbons (Fsp3) is 0.846. The van der Waals surface area contributed by atoms with Crippen molar-refractivity contribution in [1.29, 1.82) is 0 Å². The first-order valence-corrected chi connectivity index (χ1v) is 6.04. The van der Waals surface area contributed by atoms with Crippen LogP contribution < -0.4 is 0 Å². The smallest absolute Gasteiger partial charge is 0.0325 e. The van der Waals surface area contributed by atoms with E-state index in [9.17, 15) is 0 Å². The predicted octanol–water partition coefficient (Wildman–Crippen LogP) is 4.70. The van der Waals surface area contributed by atoms with Gasteiger partial charge in [0.2, 0.25) is 0 Å². The maximum Gasteiger partial charge on any atom is -0.0325 e. The average Bonchev–Trinajstić information content (AvgIpc) is 2.16. The number of hydrogen-bond donors (Lipinski definition) is 0. The summed E-state index contributed by atoms with van der Waals surface area (Å²) in [5, 5.41) is 0. The molecule has 1 rings (SSSR count). The number of rotatable bonds is 2. The Balaban J connectivity index is 2.21. The summed E-state index contributed by atoms with van der Waals surface area (Å²) >= 11 is 0. The summed E-state index contributed by atoms with van der Waals surface area (Å²) in [6.07, 6.45) is 16.5. The van der Waals surface area contributed by atoms with Gasteiger partial charge in [0.15, 0.2) is 0 Å². The van der Waals surface area contributed by atoms with Gasteiger partial charge in [-0.2, -0.15) is 0 Å². The van der Waals surface area contributed by atoms with Crippen LogP contribution in [0.2, 0.25) is 0 Å². The quantitative estimate of drug-likeness (QED) is 0.540. The Kier molecular flexibility index (Phi) is 5.97. The molecule has 0 aromatic rings. The molecule has 0 unspecified atom stereocenters. The third kappa shape index (κ3) is 5.13. The Labute approximate surface area is 83.4 Å². The zero-order valence-corrected chi connectivity index (χ0v) is 8.93. The molecular formula is C13H24. The molecule has 0 aliphatic heterocycles. The van der Waals surface area contributed by atoms with Crippen molar-refractivity contribution in [3.05, 3.63) is 12.7 Å². The molecule has 76 valence electrons. The molecule has 0 aromatic heterocycles. The first-order chi connectivity index (χ1) is 6.43. The van der Waals surface area contributed by atoms with Gasteiger partial charge in [-0.25, -0.2) is 0 Å². The second-order valence-electron chi connectivity index (χ2n) is 4.44. The zero-order chi connectivity index (χ0) is 9.36. The van der Waals surface area contributed by atoms with Crippen molar-refractivity contribution in [2.24, 2.45) is 5.92 Å². The zero-order valence-electron chi connectivity index (χ0n) is 8.93. The van der Waals surface area contributed by atoms with Crippen LogP contribution in [0.25, 0.3) is 0 Å². The Bertz CT molecular complexity index is 116. The summed E-state index contributed by atoms with van der Waals surface area (Å²) in [7, 11) is 0. The van der Waals surface area contributed by atoms with Gasteiger partial charge in [0.25, 0.3) is 0 Å². The van der Waals surface area contributed by atoms with Crippen LogP contribution >= 0.6 is 0 Å². The Morgan fingerprint density at radius 1 is 0.846 bits per heavy atom. The number of allylic oxidation sites excluding steroid dienone is 1. The van der Waals surface area contributed by atoms with E-state index in [1.807, 2.05) is 0 Å². The van der Waals surface area contributed by atoms with Crippen LogP contribution in [0.5, 0.6) is 0 Å². The van der Waals surface area contributed by atoms with E-state index in [-0.39, 0.29) is 0 Å². The number of hydrogen-bond acceptors (Lipinski definition) is 0. The van der Waals surface area contributed by atoms with Gasteiger partial charge in [-0.1, -0.05) is 63.9 Å². The molecule has 13 heavy (non-hydrogen) atoms. The van der Waals surface area contributed by atoms with Crippen molar-refractivity contribution in [2.75, 3.05) is 0 Å². The maximum absolute atomic E-state index is 3.85. The normalized spacial score (nSPS) is 22.5. The Hall–Kier alpha value is -0.260. The van der Waals surface area contributed by atoms with Crippen molar-refractivity contribution in [3.63, 3.8) is 0 Å². The Morgan fingerprint density at radius 2 is 1.31 bits per heavy atom. The van der Waals surface area contributed by atoms with E-state index in [0.29, 0.717) is 0 Å². The SMILES string of the molecule is C=CCC1CCCCCCCCC1.